The number of benzene rings is 2. The molecule has 4 nitrogen and oxygen atoms in total. The molecule has 2 rings (SSSR count). The molecular formula is C17H20N2O2. The summed E-state index contributed by atoms with van der Waals surface area (Å²) < 4.78 is 0. The van der Waals surface area contributed by atoms with E-state index in [1.165, 1.54) is 0 Å². The number of aliphatic hydroxyl groups is 1. The van der Waals surface area contributed by atoms with Crippen molar-refractivity contribution in [1.29, 1.82) is 0 Å². The first kappa shape index (κ1) is 15.2. The molecule has 0 aliphatic carbocycles. The predicted octanol–water partition coefficient (Wildman–Crippen LogP) is 1.41. The Kier molecular flexibility index (Phi) is 5.49. The van der Waals surface area contributed by atoms with Crippen LogP contribution in [0.15, 0.2) is 60.7 Å². The number of rotatable bonds is 6. The molecule has 4 heteroatoms. The third kappa shape index (κ3) is 4.70. The van der Waals surface area contributed by atoms with Crippen molar-refractivity contribution in [2.45, 2.75) is 18.6 Å². The van der Waals surface area contributed by atoms with Gasteiger partial charge in [-0.1, -0.05) is 60.7 Å². The second-order valence-corrected chi connectivity index (χ2v) is 4.97. The van der Waals surface area contributed by atoms with Gasteiger partial charge in [-0.05, 0) is 17.5 Å². The van der Waals surface area contributed by atoms with Crippen LogP contribution in [0.4, 0.5) is 0 Å². The van der Waals surface area contributed by atoms with Crippen LogP contribution in [0.2, 0.25) is 0 Å². The van der Waals surface area contributed by atoms with Crippen LogP contribution < -0.4 is 11.1 Å². The van der Waals surface area contributed by atoms with Gasteiger partial charge >= 0.3 is 0 Å². The molecular weight excluding hydrogens is 264 g/mol. The molecule has 2 aromatic rings. The summed E-state index contributed by atoms with van der Waals surface area (Å²) in [5.74, 6) is -0.256. The Balaban J connectivity index is 1.81. The molecule has 0 fully saturated rings. The van der Waals surface area contributed by atoms with Crippen molar-refractivity contribution in [3.05, 3.63) is 71.8 Å². The third-order valence-electron chi connectivity index (χ3n) is 3.29. The second-order valence-electron chi connectivity index (χ2n) is 4.97. The van der Waals surface area contributed by atoms with Crippen LogP contribution in [0.5, 0.6) is 0 Å². The SMILES string of the molecule is N[C@@H](Cc1ccccc1)C(=O)NCC(O)c1ccccc1. The smallest absolute Gasteiger partial charge is 0.237 e. The highest BCUT2D eigenvalue weighted by molar-refractivity contribution is 5.81. The lowest BCUT2D eigenvalue weighted by Gasteiger charge is -2.15. The molecule has 0 bridgehead atoms. The minimum atomic E-state index is -0.723. The number of nitrogens with one attached hydrogen (secondary N) is 1. The van der Waals surface area contributed by atoms with E-state index in [1.807, 2.05) is 60.7 Å². The lowest BCUT2D eigenvalue weighted by molar-refractivity contribution is -0.122. The van der Waals surface area contributed by atoms with Crippen LogP contribution >= 0.6 is 0 Å². The standard InChI is InChI=1S/C17H20N2O2/c18-15(11-13-7-3-1-4-8-13)17(21)19-12-16(20)14-9-5-2-6-10-14/h1-10,15-16,20H,11-12,18H2,(H,19,21)/t15-,16?/m0/s1. The molecule has 1 amide bonds. The first-order valence-corrected chi connectivity index (χ1v) is 6.97. The van der Waals surface area contributed by atoms with E-state index in [4.69, 9.17) is 5.73 Å². The Morgan fingerprint density at radius 1 is 1.05 bits per heavy atom. The Labute approximate surface area is 124 Å². The van der Waals surface area contributed by atoms with Gasteiger partial charge in [-0.3, -0.25) is 4.79 Å². The van der Waals surface area contributed by atoms with Crippen LogP contribution in [0.25, 0.3) is 0 Å². The van der Waals surface area contributed by atoms with Gasteiger partial charge in [-0.2, -0.15) is 0 Å². The topological polar surface area (TPSA) is 75.4 Å². The highest BCUT2D eigenvalue weighted by Crippen LogP contribution is 2.10. The molecule has 110 valence electrons. The van der Waals surface area contributed by atoms with Gasteiger partial charge in [0.15, 0.2) is 0 Å². The first-order chi connectivity index (χ1) is 10.2. The summed E-state index contributed by atoms with van der Waals surface area (Å²) in [6.45, 7) is 0.158. The average molecular weight is 284 g/mol. The van der Waals surface area contributed by atoms with Gasteiger partial charge < -0.3 is 16.2 Å². The molecule has 0 aliphatic rings. The molecule has 0 saturated heterocycles. The highest BCUT2D eigenvalue weighted by atomic mass is 16.3. The molecule has 0 aromatic heterocycles. The van der Waals surface area contributed by atoms with Gasteiger partial charge in [0.1, 0.15) is 0 Å². The van der Waals surface area contributed by atoms with Gasteiger partial charge in [-0.15, -0.1) is 0 Å². The molecule has 0 radical (unpaired) electrons. The normalized spacial score (nSPS) is 13.4. The maximum Gasteiger partial charge on any atom is 0.237 e. The number of carbonyl (C=O) groups is 1. The summed E-state index contributed by atoms with van der Waals surface area (Å²) in [5.41, 5.74) is 7.67. The van der Waals surface area contributed by atoms with E-state index >= 15 is 0 Å². The minimum absolute atomic E-state index is 0.158. The van der Waals surface area contributed by atoms with E-state index in [9.17, 15) is 9.90 Å². The van der Waals surface area contributed by atoms with E-state index in [0.29, 0.717) is 6.42 Å². The minimum Gasteiger partial charge on any atom is -0.387 e. The average Bonchev–Trinajstić information content (AvgIpc) is 2.54. The number of nitrogens with two attached hydrogens (primary N) is 1. The van der Waals surface area contributed by atoms with Crippen molar-refractivity contribution in [2.75, 3.05) is 6.54 Å². The molecule has 2 aromatic carbocycles. The fourth-order valence-electron chi connectivity index (χ4n) is 2.08. The van der Waals surface area contributed by atoms with Crippen LogP contribution in [0, 0.1) is 0 Å². The number of amides is 1. The van der Waals surface area contributed by atoms with Crippen molar-refractivity contribution in [1.82, 2.24) is 5.32 Å². The number of hydrogen-bond acceptors (Lipinski definition) is 3. The van der Waals surface area contributed by atoms with Crippen molar-refractivity contribution < 1.29 is 9.90 Å². The number of carbonyl (C=O) groups excluding carboxylic acids is 1. The largest absolute Gasteiger partial charge is 0.387 e. The van der Waals surface area contributed by atoms with Gasteiger partial charge in [-0.25, -0.2) is 0 Å². The van der Waals surface area contributed by atoms with E-state index in [0.717, 1.165) is 11.1 Å². The van der Waals surface area contributed by atoms with E-state index in [-0.39, 0.29) is 12.5 Å². The number of hydrogen-bond donors (Lipinski definition) is 3. The molecule has 21 heavy (non-hydrogen) atoms. The molecule has 4 N–H and O–H groups in total. The number of aliphatic hydroxyl groups excluding tert-OH is 1. The maximum absolute atomic E-state index is 11.9. The quantitative estimate of drug-likeness (QED) is 0.750. The molecule has 2 atom stereocenters. The zero-order chi connectivity index (χ0) is 15.1. The summed E-state index contributed by atoms with van der Waals surface area (Å²) in [6, 6.07) is 18.2. The predicted molar refractivity (Wildman–Crippen MR) is 82.5 cm³/mol. The van der Waals surface area contributed by atoms with Crippen LogP contribution in [0.1, 0.15) is 17.2 Å². The van der Waals surface area contributed by atoms with Gasteiger partial charge in [0.25, 0.3) is 0 Å². The van der Waals surface area contributed by atoms with Gasteiger partial charge in [0, 0.05) is 6.54 Å². The van der Waals surface area contributed by atoms with Crippen molar-refractivity contribution >= 4 is 5.91 Å². The van der Waals surface area contributed by atoms with E-state index < -0.39 is 12.1 Å². The van der Waals surface area contributed by atoms with Gasteiger partial charge in [0.2, 0.25) is 5.91 Å². The molecule has 0 heterocycles. The Morgan fingerprint density at radius 3 is 2.24 bits per heavy atom. The summed E-state index contributed by atoms with van der Waals surface area (Å²) in [7, 11) is 0. The van der Waals surface area contributed by atoms with E-state index in [1.54, 1.807) is 0 Å². The Hall–Kier alpha value is -2.17. The van der Waals surface area contributed by atoms with Crippen LogP contribution in [0.3, 0.4) is 0 Å². The molecule has 1 unspecified atom stereocenters. The molecule has 0 saturated carbocycles. The third-order valence-corrected chi connectivity index (χ3v) is 3.29. The monoisotopic (exact) mass is 284 g/mol. The van der Waals surface area contributed by atoms with Crippen molar-refractivity contribution in [3.63, 3.8) is 0 Å². The summed E-state index contributed by atoms with van der Waals surface area (Å²) in [5, 5.41) is 12.7. The lowest BCUT2D eigenvalue weighted by atomic mass is 10.1. The lowest BCUT2D eigenvalue weighted by Crippen LogP contribution is -2.43. The van der Waals surface area contributed by atoms with Crippen LogP contribution in [-0.2, 0) is 11.2 Å². The van der Waals surface area contributed by atoms with Crippen LogP contribution in [-0.4, -0.2) is 23.6 Å². The van der Waals surface area contributed by atoms with Crippen molar-refractivity contribution in [2.24, 2.45) is 5.73 Å². The maximum atomic E-state index is 11.9. The second kappa shape index (κ2) is 7.57. The molecule has 0 spiro atoms. The Bertz CT molecular complexity index is 558. The fraction of sp³-hybridized carbons (Fsp3) is 0.235. The van der Waals surface area contributed by atoms with Crippen molar-refractivity contribution in [3.8, 4) is 0 Å². The fourth-order valence-corrected chi connectivity index (χ4v) is 2.08. The van der Waals surface area contributed by atoms with Gasteiger partial charge in [0.05, 0.1) is 12.1 Å². The summed E-state index contributed by atoms with van der Waals surface area (Å²) in [4.78, 5) is 11.9. The zero-order valence-electron chi connectivity index (χ0n) is 11.8. The molecule has 0 aliphatic heterocycles. The first-order valence-electron chi connectivity index (χ1n) is 6.97. The highest BCUT2D eigenvalue weighted by Gasteiger charge is 2.15. The Morgan fingerprint density at radius 2 is 1.62 bits per heavy atom. The summed E-state index contributed by atoms with van der Waals surface area (Å²) >= 11 is 0. The van der Waals surface area contributed by atoms with E-state index in [2.05, 4.69) is 5.32 Å². The summed E-state index contributed by atoms with van der Waals surface area (Å²) in [6.07, 6.45) is -0.243. The zero-order valence-corrected chi connectivity index (χ0v) is 11.8.